The summed E-state index contributed by atoms with van der Waals surface area (Å²) in [5, 5.41) is 3.55. The van der Waals surface area contributed by atoms with Crippen LogP contribution in [0.5, 0.6) is 11.5 Å². The first-order valence-corrected chi connectivity index (χ1v) is 15.8. The van der Waals surface area contributed by atoms with Crippen LogP contribution in [-0.4, -0.2) is 50.5 Å². The third-order valence-corrected chi connectivity index (χ3v) is 8.09. The molecule has 11 heteroatoms. The fourth-order valence-electron chi connectivity index (χ4n) is 4.11. The van der Waals surface area contributed by atoms with Crippen LogP contribution in [-0.2, 0) is 26.2 Å². The molecule has 3 aromatic carbocycles. The Morgan fingerprint density at radius 3 is 2.02 bits per heavy atom. The van der Waals surface area contributed by atoms with E-state index in [2.05, 4.69) is 5.32 Å². The lowest BCUT2D eigenvalue weighted by atomic mass is 10.1. The molecule has 1 N–H and O–H groups in total. The maximum absolute atomic E-state index is 13.9. The van der Waals surface area contributed by atoms with E-state index >= 15 is 0 Å². The van der Waals surface area contributed by atoms with Crippen molar-refractivity contribution in [2.24, 2.45) is 5.92 Å². The van der Waals surface area contributed by atoms with Crippen molar-refractivity contribution >= 4 is 50.7 Å². The van der Waals surface area contributed by atoms with Gasteiger partial charge in [0.25, 0.3) is 0 Å². The highest BCUT2D eigenvalue weighted by atomic mass is 35.5. The highest BCUT2D eigenvalue weighted by molar-refractivity contribution is 7.92. The van der Waals surface area contributed by atoms with Crippen molar-refractivity contribution in [1.29, 1.82) is 0 Å². The molecule has 41 heavy (non-hydrogen) atoms. The van der Waals surface area contributed by atoms with Crippen LogP contribution in [0.25, 0.3) is 0 Å². The second-order valence-electron chi connectivity index (χ2n) is 9.96. The van der Waals surface area contributed by atoms with Crippen molar-refractivity contribution in [3.8, 4) is 11.5 Å². The molecule has 0 spiro atoms. The Balaban J connectivity index is 1.92. The molecule has 2 amide bonds. The van der Waals surface area contributed by atoms with Gasteiger partial charge in [0.1, 0.15) is 24.1 Å². The highest BCUT2D eigenvalue weighted by Crippen LogP contribution is 2.29. The Bertz CT molecular complexity index is 1410. The van der Waals surface area contributed by atoms with Gasteiger partial charge in [-0.1, -0.05) is 68.2 Å². The number of rotatable bonds is 13. The van der Waals surface area contributed by atoms with Crippen molar-refractivity contribution in [2.75, 3.05) is 23.7 Å². The lowest BCUT2D eigenvalue weighted by Crippen LogP contribution is -2.52. The van der Waals surface area contributed by atoms with Gasteiger partial charge in [0.15, 0.2) is 0 Å². The van der Waals surface area contributed by atoms with Gasteiger partial charge < -0.3 is 15.0 Å². The zero-order valence-electron chi connectivity index (χ0n) is 23.5. The molecule has 0 heterocycles. The number of halogens is 2. The van der Waals surface area contributed by atoms with E-state index in [1.165, 1.54) is 4.90 Å². The molecular formula is C30H35Cl2N3O5S. The molecule has 0 saturated heterocycles. The maximum atomic E-state index is 13.9. The molecule has 0 aliphatic rings. The van der Waals surface area contributed by atoms with Crippen LogP contribution >= 0.6 is 23.2 Å². The third kappa shape index (κ3) is 9.11. The molecule has 0 bridgehead atoms. The van der Waals surface area contributed by atoms with Gasteiger partial charge in [-0.3, -0.25) is 13.9 Å². The summed E-state index contributed by atoms with van der Waals surface area (Å²) >= 11 is 12.8. The molecule has 0 fully saturated rings. The van der Waals surface area contributed by atoms with Crippen molar-refractivity contribution in [2.45, 2.75) is 39.8 Å². The van der Waals surface area contributed by atoms with Crippen LogP contribution in [0.15, 0.2) is 72.8 Å². The SMILES string of the molecule is CC[C@@H](C(=O)NCC(C)C)N(Cc1c(Cl)cccc1Cl)C(=O)CN(c1ccc(Oc2ccccc2)cc1)S(C)(=O)=O. The first-order chi connectivity index (χ1) is 19.4. The van der Waals surface area contributed by atoms with E-state index in [4.69, 9.17) is 27.9 Å². The lowest BCUT2D eigenvalue weighted by molar-refractivity contribution is -0.140. The van der Waals surface area contributed by atoms with E-state index in [0.29, 0.717) is 40.1 Å². The minimum absolute atomic E-state index is 0.0770. The minimum Gasteiger partial charge on any atom is -0.457 e. The molecule has 220 valence electrons. The zero-order chi connectivity index (χ0) is 30.2. The van der Waals surface area contributed by atoms with Crippen LogP contribution in [0.2, 0.25) is 10.0 Å². The molecule has 3 rings (SSSR count). The summed E-state index contributed by atoms with van der Waals surface area (Å²) in [7, 11) is -3.89. The number of nitrogens with zero attached hydrogens (tertiary/aromatic N) is 2. The van der Waals surface area contributed by atoms with Crippen molar-refractivity contribution in [1.82, 2.24) is 10.2 Å². The molecule has 0 radical (unpaired) electrons. The van der Waals surface area contributed by atoms with Crippen molar-refractivity contribution in [3.05, 3.63) is 88.4 Å². The number of amides is 2. The van der Waals surface area contributed by atoms with Gasteiger partial charge in [-0.15, -0.1) is 0 Å². The third-order valence-electron chi connectivity index (χ3n) is 6.24. The van der Waals surface area contributed by atoms with E-state index in [9.17, 15) is 18.0 Å². The van der Waals surface area contributed by atoms with Gasteiger partial charge in [0.2, 0.25) is 21.8 Å². The Hall–Kier alpha value is -3.27. The molecule has 3 aromatic rings. The summed E-state index contributed by atoms with van der Waals surface area (Å²) in [5.41, 5.74) is 0.738. The fraction of sp³-hybridized carbons (Fsp3) is 0.333. The Labute approximate surface area is 252 Å². The van der Waals surface area contributed by atoms with Crippen LogP contribution in [0.4, 0.5) is 5.69 Å². The standard InChI is InChI=1S/C30H35Cl2N3O5S/c1-5-28(30(37)33-18-21(2)3)34(19-25-26(31)12-9-13-27(25)32)29(36)20-35(41(4,38)39)22-14-16-24(17-15-22)40-23-10-7-6-8-11-23/h6-17,21,28H,5,18-20H2,1-4H3,(H,33,37)/t28-/m0/s1. The molecule has 0 aliphatic carbocycles. The average Bonchev–Trinajstić information content (AvgIpc) is 2.92. The summed E-state index contributed by atoms with van der Waals surface area (Å²) in [6.45, 7) is 5.53. The lowest BCUT2D eigenvalue weighted by Gasteiger charge is -2.33. The molecule has 0 aromatic heterocycles. The van der Waals surface area contributed by atoms with Crippen LogP contribution in [0.3, 0.4) is 0 Å². The number of hydrogen-bond acceptors (Lipinski definition) is 5. The first kappa shape index (κ1) is 32.2. The van der Waals surface area contributed by atoms with Crippen molar-refractivity contribution in [3.63, 3.8) is 0 Å². The first-order valence-electron chi connectivity index (χ1n) is 13.2. The zero-order valence-corrected chi connectivity index (χ0v) is 25.8. The number of nitrogens with one attached hydrogen (secondary N) is 1. The van der Waals surface area contributed by atoms with E-state index in [0.717, 1.165) is 10.6 Å². The van der Waals surface area contributed by atoms with Gasteiger partial charge in [-0.2, -0.15) is 0 Å². The Kier molecular flexibility index (Phi) is 11.5. The number of hydrogen-bond donors (Lipinski definition) is 1. The van der Waals surface area contributed by atoms with E-state index < -0.39 is 28.5 Å². The van der Waals surface area contributed by atoms with Gasteiger partial charge in [0, 0.05) is 28.7 Å². The molecular weight excluding hydrogens is 585 g/mol. The van der Waals surface area contributed by atoms with E-state index in [1.807, 2.05) is 32.0 Å². The van der Waals surface area contributed by atoms with Gasteiger partial charge in [-0.25, -0.2) is 8.42 Å². The Morgan fingerprint density at radius 1 is 0.902 bits per heavy atom. The summed E-state index contributed by atoms with van der Waals surface area (Å²) in [5.74, 6) is 0.412. The topological polar surface area (TPSA) is 96.0 Å². The average molecular weight is 621 g/mol. The highest BCUT2D eigenvalue weighted by Gasteiger charge is 2.32. The van der Waals surface area contributed by atoms with Crippen molar-refractivity contribution < 1.29 is 22.7 Å². The normalized spacial score (nSPS) is 12.1. The minimum atomic E-state index is -3.89. The summed E-state index contributed by atoms with van der Waals surface area (Å²) in [6, 6.07) is 19.6. The second-order valence-corrected chi connectivity index (χ2v) is 12.7. The maximum Gasteiger partial charge on any atom is 0.244 e. The number of anilines is 1. The number of para-hydroxylation sites is 1. The van der Waals surface area contributed by atoms with E-state index in [-0.39, 0.29) is 24.1 Å². The fourth-order valence-corrected chi connectivity index (χ4v) is 5.48. The van der Waals surface area contributed by atoms with Crippen LogP contribution in [0.1, 0.15) is 32.8 Å². The van der Waals surface area contributed by atoms with Gasteiger partial charge >= 0.3 is 0 Å². The number of ether oxygens (including phenoxy) is 1. The molecule has 1 atom stereocenters. The van der Waals surface area contributed by atoms with E-state index in [1.54, 1.807) is 61.5 Å². The smallest absolute Gasteiger partial charge is 0.244 e. The predicted molar refractivity (Wildman–Crippen MR) is 164 cm³/mol. The van der Waals surface area contributed by atoms with Crippen LogP contribution in [0, 0.1) is 5.92 Å². The monoisotopic (exact) mass is 619 g/mol. The number of carbonyl (C=O) groups is 2. The van der Waals surface area contributed by atoms with Crippen LogP contribution < -0.4 is 14.4 Å². The molecule has 0 unspecified atom stereocenters. The second kappa shape index (κ2) is 14.6. The van der Waals surface area contributed by atoms with Gasteiger partial charge in [-0.05, 0) is 60.9 Å². The number of carbonyl (C=O) groups excluding carboxylic acids is 2. The number of sulfonamides is 1. The molecule has 0 aliphatic heterocycles. The molecule has 0 saturated carbocycles. The Morgan fingerprint density at radius 2 is 1.49 bits per heavy atom. The predicted octanol–water partition coefficient (Wildman–Crippen LogP) is 6.13. The largest absolute Gasteiger partial charge is 0.457 e. The molecule has 8 nitrogen and oxygen atoms in total. The summed E-state index contributed by atoms with van der Waals surface area (Å²) < 4.78 is 32.6. The quantitative estimate of drug-likeness (QED) is 0.248. The summed E-state index contributed by atoms with van der Waals surface area (Å²) in [4.78, 5) is 28.4. The summed E-state index contributed by atoms with van der Waals surface area (Å²) in [6.07, 6.45) is 1.32. The van der Waals surface area contributed by atoms with Gasteiger partial charge in [0.05, 0.1) is 11.9 Å². The number of benzene rings is 3.